The number of aromatic nitrogens is 4. The van der Waals surface area contributed by atoms with E-state index in [1.165, 1.54) is 11.8 Å². The summed E-state index contributed by atoms with van der Waals surface area (Å²) in [5.74, 6) is 0.00544. The number of H-pyrrole nitrogens is 2. The Balaban J connectivity index is 1.40. The van der Waals surface area contributed by atoms with Crippen molar-refractivity contribution >= 4 is 34.4 Å². The van der Waals surface area contributed by atoms with Gasteiger partial charge in [-0.25, -0.2) is 14.8 Å². The van der Waals surface area contributed by atoms with E-state index < -0.39 is 0 Å². The lowest BCUT2D eigenvalue weighted by atomic mass is 10.1. The van der Waals surface area contributed by atoms with Crippen LogP contribution in [-0.2, 0) is 4.79 Å². The Labute approximate surface area is 158 Å². The summed E-state index contributed by atoms with van der Waals surface area (Å²) in [4.78, 5) is 37.5. The van der Waals surface area contributed by atoms with Gasteiger partial charge in [0.2, 0.25) is 5.91 Å². The Hall–Kier alpha value is -3.39. The van der Waals surface area contributed by atoms with Gasteiger partial charge in [-0.15, -0.1) is 0 Å². The van der Waals surface area contributed by atoms with E-state index in [9.17, 15) is 9.59 Å². The monoisotopic (exact) mass is 377 g/mol. The summed E-state index contributed by atoms with van der Waals surface area (Å²) in [6.45, 7) is 0. The van der Waals surface area contributed by atoms with Gasteiger partial charge in [0.1, 0.15) is 0 Å². The van der Waals surface area contributed by atoms with Crippen LogP contribution >= 0.6 is 11.8 Å². The molecule has 2 heterocycles. The lowest BCUT2D eigenvalue weighted by Crippen LogP contribution is -2.14. The number of anilines is 1. The summed E-state index contributed by atoms with van der Waals surface area (Å²) < 4.78 is 0. The molecule has 8 heteroatoms. The molecule has 0 bridgehead atoms. The van der Waals surface area contributed by atoms with Gasteiger partial charge in [-0.05, 0) is 24.3 Å². The van der Waals surface area contributed by atoms with Crippen LogP contribution in [0.4, 0.5) is 5.69 Å². The number of fused-ring (bicyclic) bond motifs is 1. The van der Waals surface area contributed by atoms with E-state index in [1.54, 1.807) is 24.4 Å². The van der Waals surface area contributed by atoms with Gasteiger partial charge in [-0.2, -0.15) is 0 Å². The topological polar surface area (TPSA) is 104 Å². The fraction of sp³-hybridized carbons (Fsp3) is 0.0526. The molecule has 0 atom stereocenters. The van der Waals surface area contributed by atoms with Crippen molar-refractivity contribution in [2.75, 3.05) is 11.1 Å². The van der Waals surface area contributed by atoms with Gasteiger partial charge in [-0.3, -0.25) is 4.79 Å². The number of hydrogen-bond acceptors (Lipinski definition) is 5. The largest absolute Gasteiger partial charge is 0.325 e. The van der Waals surface area contributed by atoms with Crippen LogP contribution in [-0.4, -0.2) is 31.6 Å². The zero-order valence-electron chi connectivity index (χ0n) is 14.1. The molecule has 4 aromatic rings. The first kappa shape index (κ1) is 17.0. The minimum Gasteiger partial charge on any atom is -0.325 e. The van der Waals surface area contributed by atoms with Crippen molar-refractivity contribution in [1.29, 1.82) is 0 Å². The Kier molecular flexibility index (Phi) is 4.71. The quantitative estimate of drug-likeness (QED) is 0.366. The van der Waals surface area contributed by atoms with Gasteiger partial charge in [0.25, 0.3) is 0 Å². The number of nitrogens with one attached hydrogen (secondary N) is 3. The molecule has 134 valence electrons. The van der Waals surface area contributed by atoms with Crippen molar-refractivity contribution in [2.45, 2.75) is 5.16 Å². The van der Waals surface area contributed by atoms with Crippen molar-refractivity contribution in [3.8, 4) is 11.3 Å². The molecular formula is C19H15N5O2S. The minimum atomic E-state index is -0.278. The molecule has 0 radical (unpaired) electrons. The summed E-state index contributed by atoms with van der Waals surface area (Å²) in [5.41, 5.74) is 3.49. The van der Waals surface area contributed by atoms with Crippen molar-refractivity contribution < 1.29 is 4.79 Å². The Morgan fingerprint density at radius 1 is 1.04 bits per heavy atom. The van der Waals surface area contributed by atoms with E-state index in [4.69, 9.17) is 0 Å². The molecule has 27 heavy (non-hydrogen) atoms. The summed E-state index contributed by atoms with van der Waals surface area (Å²) in [7, 11) is 0. The zero-order valence-corrected chi connectivity index (χ0v) is 14.9. The first-order valence-electron chi connectivity index (χ1n) is 8.20. The molecular weight excluding hydrogens is 362 g/mol. The molecule has 3 N–H and O–H groups in total. The number of aromatic amines is 2. The number of nitrogens with zero attached hydrogens (tertiary/aromatic N) is 2. The van der Waals surface area contributed by atoms with Gasteiger partial charge in [0.05, 0.1) is 22.5 Å². The number of carbonyl (C=O) groups is 1. The Bertz CT molecular complexity index is 1150. The molecule has 0 aliphatic carbocycles. The average Bonchev–Trinajstić information content (AvgIpc) is 3.07. The van der Waals surface area contributed by atoms with Crippen LogP contribution in [0.2, 0.25) is 0 Å². The Morgan fingerprint density at radius 3 is 2.70 bits per heavy atom. The van der Waals surface area contributed by atoms with Gasteiger partial charge in [0.15, 0.2) is 5.16 Å². The molecule has 4 rings (SSSR count). The lowest BCUT2D eigenvalue weighted by Gasteiger charge is -2.06. The number of thioether (sulfide) groups is 1. The lowest BCUT2D eigenvalue weighted by molar-refractivity contribution is -0.113. The van der Waals surface area contributed by atoms with E-state index >= 15 is 0 Å². The highest BCUT2D eigenvalue weighted by Crippen LogP contribution is 2.20. The number of rotatable bonds is 5. The smallest absolute Gasteiger partial charge is 0.323 e. The van der Waals surface area contributed by atoms with Crippen LogP contribution in [0, 0.1) is 0 Å². The van der Waals surface area contributed by atoms with Gasteiger partial charge in [0, 0.05) is 17.4 Å². The van der Waals surface area contributed by atoms with Crippen molar-refractivity contribution in [3.63, 3.8) is 0 Å². The zero-order chi connectivity index (χ0) is 18.6. The second-order valence-corrected chi connectivity index (χ2v) is 6.71. The number of benzene rings is 2. The number of imidazole rings is 1. The second-order valence-electron chi connectivity index (χ2n) is 5.77. The van der Waals surface area contributed by atoms with Crippen LogP contribution in [0.15, 0.2) is 70.7 Å². The molecule has 0 aliphatic rings. The summed E-state index contributed by atoms with van der Waals surface area (Å²) in [6, 6.07) is 16.8. The van der Waals surface area contributed by atoms with Crippen molar-refractivity contribution in [1.82, 2.24) is 19.9 Å². The van der Waals surface area contributed by atoms with Crippen LogP contribution in [0.5, 0.6) is 0 Å². The van der Waals surface area contributed by atoms with Gasteiger partial charge >= 0.3 is 5.69 Å². The predicted molar refractivity (Wildman–Crippen MR) is 106 cm³/mol. The molecule has 2 aromatic heterocycles. The summed E-state index contributed by atoms with van der Waals surface area (Å²) in [5, 5.41) is 3.35. The molecule has 7 nitrogen and oxygen atoms in total. The highest BCUT2D eigenvalue weighted by atomic mass is 32.2. The van der Waals surface area contributed by atoms with E-state index in [0.717, 1.165) is 11.3 Å². The van der Waals surface area contributed by atoms with Crippen LogP contribution in [0.1, 0.15) is 0 Å². The molecule has 0 aliphatic heterocycles. The second kappa shape index (κ2) is 7.46. The molecule has 1 amide bonds. The van der Waals surface area contributed by atoms with Crippen molar-refractivity contribution in [2.24, 2.45) is 0 Å². The SMILES string of the molecule is O=C(CSc1nccc(-c2ccccc2)n1)Nc1ccc2[nH]c(=O)[nH]c2c1. The number of carbonyl (C=O) groups excluding carboxylic acids is 1. The predicted octanol–water partition coefficient (Wildman–Crippen LogP) is 3.04. The van der Waals surface area contributed by atoms with Gasteiger partial charge < -0.3 is 15.3 Å². The van der Waals surface area contributed by atoms with E-state index in [0.29, 0.717) is 21.9 Å². The maximum Gasteiger partial charge on any atom is 0.323 e. The maximum atomic E-state index is 12.2. The Morgan fingerprint density at radius 2 is 1.85 bits per heavy atom. The standard InChI is InChI=1S/C19H15N5O2S/c25-17(21-13-6-7-15-16(10-13)23-18(26)22-15)11-27-19-20-9-8-14(24-19)12-4-2-1-3-5-12/h1-10H,11H2,(H,21,25)(H2,22,23,26). The fourth-order valence-electron chi connectivity index (χ4n) is 2.62. The highest BCUT2D eigenvalue weighted by molar-refractivity contribution is 7.99. The van der Waals surface area contributed by atoms with E-state index in [-0.39, 0.29) is 17.3 Å². The maximum absolute atomic E-state index is 12.2. The molecule has 0 unspecified atom stereocenters. The summed E-state index contributed by atoms with van der Waals surface area (Å²) in [6.07, 6.45) is 1.69. The minimum absolute atomic E-state index is 0.175. The van der Waals surface area contributed by atoms with Crippen LogP contribution in [0.3, 0.4) is 0 Å². The highest BCUT2D eigenvalue weighted by Gasteiger charge is 2.08. The van der Waals surface area contributed by atoms with Gasteiger partial charge in [-0.1, -0.05) is 42.1 Å². The molecule has 0 fully saturated rings. The van der Waals surface area contributed by atoms with Crippen LogP contribution in [0.25, 0.3) is 22.3 Å². The first-order chi connectivity index (χ1) is 13.2. The molecule has 2 aromatic carbocycles. The van der Waals surface area contributed by atoms with Crippen molar-refractivity contribution in [3.05, 3.63) is 71.3 Å². The third-order valence-electron chi connectivity index (χ3n) is 3.84. The first-order valence-corrected chi connectivity index (χ1v) is 9.19. The number of amides is 1. The molecule has 0 saturated carbocycles. The van der Waals surface area contributed by atoms with E-state index in [1.807, 2.05) is 36.4 Å². The average molecular weight is 377 g/mol. The summed E-state index contributed by atoms with van der Waals surface area (Å²) >= 11 is 1.27. The normalized spacial score (nSPS) is 10.8. The van der Waals surface area contributed by atoms with Crippen LogP contribution < -0.4 is 11.0 Å². The molecule has 0 saturated heterocycles. The van der Waals surface area contributed by atoms with E-state index in [2.05, 4.69) is 25.3 Å². The third-order valence-corrected chi connectivity index (χ3v) is 4.70. The fourth-order valence-corrected chi connectivity index (χ4v) is 3.25. The number of hydrogen-bond donors (Lipinski definition) is 3. The molecule has 0 spiro atoms. The third kappa shape index (κ3) is 4.06.